The highest BCUT2D eigenvalue weighted by atomic mass is 32.2. The molecule has 0 aliphatic heterocycles. The van der Waals surface area contributed by atoms with E-state index in [0.717, 1.165) is 17.0 Å². The second kappa shape index (κ2) is 15.7. The lowest BCUT2D eigenvalue weighted by atomic mass is 10.1. The summed E-state index contributed by atoms with van der Waals surface area (Å²) in [7, 11) is 0. The molecule has 1 unspecified atom stereocenters. The zero-order chi connectivity index (χ0) is 20.6. The number of rotatable bonds is 14. The number of thiocarbonyl (C=S) groups is 1. The van der Waals surface area contributed by atoms with Gasteiger partial charge in [0, 0.05) is 4.20 Å². The fourth-order valence-electron chi connectivity index (χ4n) is 2.87. The minimum atomic E-state index is -0.612. The molecule has 156 valence electrons. The van der Waals surface area contributed by atoms with Crippen LogP contribution in [0.1, 0.15) is 94.8 Å². The van der Waals surface area contributed by atoms with E-state index in [1.807, 2.05) is 6.07 Å². The van der Waals surface area contributed by atoms with Gasteiger partial charge in [0.15, 0.2) is 0 Å². The molecule has 0 aliphatic rings. The van der Waals surface area contributed by atoms with Crippen LogP contribution in [-0.2, 0) is 9.53 Å². The van der Waals surface area contributed by atoms with E-state index >= 15 is 0 Å². The van der Waals surface area contributed by atoms with Gasteiger partial charge in [-0.2, -0.15) is 0 Å². The molecule has 0 fully saturated rings. The van der Waals surface area contributed by atoms with E-state index in [1.54, 1.807) is 31.2 Å². The van der Waals surface area contributed by atoms with Crippen LogP contribution in [0.15, 0.2) is 30.3 Å². The summed E-state index contributed by atoms with van der Waals surface area (Å²) in [5.41, 5.74) is 0.376. The summed E-state index contributed by atoms with van der Waals surface area (Å²) in [6.45, 7) is 3.98. The van der Waals surface area contributed by atoms with Gasteiger partial charge in [0.05, 0.1) is 5.56 Å². The Morgan fingerprint density at radius 2 is 1.46 bits per heavy atom. The minimum absolute atomic E-state index is 0.376. The topological polar surface area (TPSA) is 43.4 Å². The largest absolute Gasteiger partial charge is 0.389 e. The Kier molecular flexibility index (Phi) is 13.9. The van der Waals surface area contributed by atoms with Crippen molar-refractivity contribution in [1.29, 1.82) is 0 Å². The average molecular weight is 423 g/mol. The van der Waals surface area contributed by atoms with E-state index < -0.39 is 17.2 Å². The quantitative estimate of drug-likeness (QED) is 0.138. The summed E-state index contributed by atoms with van der Waals surface area (Å²) in [6, 6.07) is 8.54. The summed E-state index contributed by atoms with van der Waals surface area (Å²) in [6.07, 6.45) is 13.7. The lowest BCUT2D eigenvalue weighted by molar-refractivity contribution is -0.136. The zero-order valence-corrected chi connectivity index (χ0v) is 18.9. The first-order valence-corrected chi connectivity index (χ1v) is 11.8. The SMILES string of the molecule is CCCCCCCCCCCCC(=S)SC(C)C(=O)OC(=O)c1ccccc1. The van der Waals surface area contributed by atoms with Gasteiger partial charge in [-0.25, -0.2) is 4.79 Å². The first-order valence-electron chi connectivity index (χ1n) is 10.5. The molecule has 1 aromatic rings. The maximum atomic E-state index is 12.1. The number of ether oxygens (including phenoxy) is 1. The summed E-state index contributed by atoms with van der Waals surface area (Å²) in [5, 5.41) is -0.469. The molecule has 1 atom stereocenters. The van der Waals surface area contributed by atoms with Gasteiger partial charge in [-0.1, -0.05) is 95.1 Å². The highest BCUT2D eigenvalue weighted by Gasteiger charge is 2.21. The highest BCUT2D eigenvalue weighted by molar-refractivity contribution is 8.23. The van der Waals surface area contributed by atoms with Gasteiger partial charge in [0.2, 0.25) is 0 Å². The van der Waals surface area contributed by atoms with Crippen molar-refractivity contribution in [2.45, 2.75) is 89.7 Å². The smallest absolute Gasteiger partial charge is 0.345 e. The number of esters is 2. The predicted molar refractivity (Wildman–Crippen MR) is 123 cm³/mol. The van der Waals surface area contributed by atoms with Crippen LogP contribution in [0.4, 0.5) is 0 Å². The Bertz CT molecular complexity index is 587. The van der Waals surface area contributed by atoms with E-state index in [9.17, 15) is 9.59 Å². The van der Waals surface area contributed by atoms with E-state index in [4.69, 9.17) is 17.0 Å². The second-order valence-electron chi connectivity index (χ2n) is 7.14. The number of benzene rings is 1. The second-order valence-corrected chi connectivity index (χ2v) is 9.33. The Hall–Kier alpha value is -1.20. The summed E-state index contributed by atoms with van der Waals surface area (Å²) in [5.74, 6) is -1.15. The van der Waals surface area contributed by atoms with Crippen molar-refractivity contribution >= 4 is 40.1 Å². The Labute approximate surface area is 180 Å². The van der Waals surface area contributed by atoms with Crippen molar-refractivity contribution in [3.05, 3.63) is 35.9 Å². The van der Waals surface area contributed by atoms with Crippen LogP contribution in [0, 0.1) is 0 Å². The first kappa shape index (κ1) is 24.8. The van der Waals surface area contributed by atoms with E-state index in [0.29, 0.717) is 5.56 Å². The molecule has 0 radical (unpaired) electrons. The molecule has 28 heavy (non-hydrogen) atoms. The van der Waals surface area contributed by atoms with Gasteiger partial charge in [-0.05, 0) is 31.9 Å². The fraction of sp³-hybridized carbons (Fsp3) is 0.609. The molecule has 0 aromatic heterocycles. The van der Waals surface area contributed by atoms with Crippen LogP contribution in [0.5, 0.6) is 0 Å². The molecule has 5 heteroatoms. The molecule has 0 amide bonds. The summed E-state index contributed by atoms with van der Waals surface area (Å²) < 4.78 is 5.76. The minimum Gasteiger partial charge on any atom is -0.389 e. The van der Waals surface area contributed by atoms with Crippen molar-refractivity contribution in [3.8, 4) is 0 Å². The van der Waals surface area contributed by atoms with Crippen LogP contribution < -0.4 is 0 Å². The van der Waals surface area contributed by atoms with Crippen LogP contribution in [-0.4, -0.2) is 21.4 Å². The Morgan fingerprint density at radius 3 is 2.04 bits per heavy atom. The lowest BCUT2D eigenvalue weighted by Gasteiger charge is -2.11. The number of thioether (sulfide) groups is 1. The maximum Gasteiger partial charge on any atom is 0.345 e. The summed E-state index contributed by atoms with van der Waals surface area (Å²) >= 11 is 6.72. The van der Waals surface area contributed by atoms with Gasteiger partial charge in [0.25, 0.3) is 0 Å². The Morgan fingerprint density at radius 1 is 0.929 bits per heavy atom. The van der Waals surface area contributed by atoms with Crippen LogP contribution in [0.2, 0.25) is 0 Å². The van der Waals surface area contributed by atoms with Crippen LogP contribution >= 0.6 is 24.0 Å². The predicted octanol–water partition coefficient (Wildman–Crippen LogP) is 7.13. The molecular formula is C23H34O3S2. The third-order valence-corrected chi connectivity index (χ3v) is 6.08. The third-order valence-electron chi connectivity index (χ3n) is 4.58. The van der Waals surface area contributed by atoms with Crippen molar-refractivity contribution in [2.75, 3.05) is 0 Å². The third kappa shape index (κ3) is 11.6. The van der Waals surface area contributed by atoms with E-state index in [-0.39, 0.29) is 0 Å². The number of carbonyl (C=O) groups is 2. The van der Waals surface area contributed by atoms with Gasteiger partial charge < -0.3 is 4.74 Å². The van der Waals surface area contributed by atoms with Gasteiger partial charge >= 0.3 is 11.9 Å². The number of unbranched alkanes of at least 4 members (excludes halogenated alkanes) is 9. The fourth-order valence-corrected chi connectivity index (χ4v) is 4.25. The molecular weight excluding hydrogens is 388 g/mol. The number of carbonyl (C=O) groups excluding carboxylic acids is 2. The zero-order valence-electron chi connectivity index (χ0n) is 17.3. The number of hydrogen-bond donors (Lipinski definition) is 0. The van der Waals surface area contributed by atoms with Crippen LogP contribution in [0.25, 0.3) is 0 Å². The number of hydrogen-bond acceptors (Lipinski definition) is 5. The van der Waals surface area contributed by atoms with Gasteiger partial charge in [-0.3, -0.25) is 4.79 Å². The average Bonchev–Trinajstić information content (AvgIpc) is 2.69. The van der Waals surface area contributed by atoms with Crippen molar-refractivity contribution in [1.82, 2.24) is 0 Å². The van der Waals surface area contributed by atoms with Gasteiger partial charge in [-0.15, -0.1) is 11.8 Å². The maximum absolute atomic E-state index is 12.1. The van der Waals surface area contributed by atoms with Crippen molar-refractivity contribution in [3.63, 3.8) is 0 Å². The molecule has 0 saturated heterocycles. The normalized spacial score (nSPS) is 11.8. The molecule has 0 heterocycles. The molecule has 3 nitrogen and oxygen atoms in total. The first-order chi connectivity index (χ1) is 13.5. The standard InChI is InChI=1S/C23H34O3S2/c1-3-4-5-6-7-8-9-10-11-15-18-21(27)28-19(2)22(24)26-23(25)20-16-13-12-14-17-20/h12-14,16-17,19H,3-11,15,18H2,1-2H3. The van der Waals surface area contributed by atoms with Crippen molar-refractivity contribution in [2.24, 2.45) is 0 Å². The molecule has 0 bridgehead atoms. The van der Waals surface area contributed by atoms with Gasteiger partial charge in [0.1, 0.15) is 5.25 Å². The Balaban J connectivity index is 2.09. The van der Waals surface area contributed by atoms with E-state index in [2.05, 4.69) is 6.92 Å². The van der Waals surface area contributed by atoms with Crippen LogP contribution in [0.3, 0.4) is 0 Å². The molecule has 0 N–H and O–H groups in total. The molecule has 0 saturated carbocycles. The lowest BCUT2D eigenvalue weighted by Crippen LogP contribution is -2.22. The molecule has 0 spiro atoms. The van der Waals surface area contributed by atoms with E-state index in [1.165, 1.54) is 69.5 Å². The molecule has 1 aromatic carbocycles. The molecule has 0 aliphatic carbocycles. The highest BCUT2D eigenvalue weighted by Crippen LogP contribution is 2.20. The van der Waals surface area contributed by atoms with Crippen molar-refractivity contribution < 1.29 is 14.3 Å². The summed E-state index contributed by atoms with van der Waals surface area (Å²) in [4.78, 5) is 24.0. The molecule has 1 rings (SSSR count). The monoisotopic (exact) mass is 422 g/mol.